The van der Waals surface area contributed by atoms with E-state index in [4.69, 9.17) is 9.47 Å². The maximum absolute atomic E-state index is 13.1. The summed E-state index contributed by atoms with van der Waals surface area (Å²) in [6.45, 7) is 0.405. The van der Waals surface area contributed by atoms with Crippen LogP contribution >= 0.6 is 0 Å². The molecule has 1 saturated heterocycles. The normalized spacial score (nSPS) is 19.0. The Morgan fingerprint density at radius 2 is 1.94 bits per heavy atom. The SMILES string of the molecule is COCOCc1ccccc1NC(=O)[C@H]1C(=O)N(C)C[C@@H]1c1cccc(C(F)(F)F)c1. The maximum Gasteiger partial charge on any atom is 0.416 e. The molecule has 2 amide bonds. The predicted octanol–water partition coefficient (Wildman–Crippen LogP) is 3.64. The second-order valence-electron chi connectivity index (χ2n) is 7.33. The number of para-hydroxylation sites is 1. The van der Waals surface area contributed by atoms with Gasteiger partial charge in [-0.1, -0.05) is 36.4 Å². The summed E-state index contributed by atoms with van der Waals surface area (Å²) < 4.78 is 49.6. The van der Waals surface area contributed by atoms with Crippen LogP contribution in [0.4, 0.5) is 18.9 Å². The van der Waals surface area contributed by atoms with Crippen molar-refractivity contribution in [1.82, 2.24) is 4.90 Å². The number of alkyl halides is 3. The van der Waals surface area contributed by atoms with Crippen molar-refractivity contribution >= 4 is 17.5 Å². The van der Waals surface area contributed by atoms with Crippen molar-refractivity contribution in [3.63, 3.8) is 0 Å². The summed E-state index contributed by atoms with van der Waals surface area (Å²) in [6, 6.07) is 11.7. The van der Waals surface area contributed by atoms with Gasteiger partial charge in [0.25, 0.3) is 0 Å². The van der Waals surface area contributed by atoms with E-state index in [1.807, 2.05) is 0 Å². The maximum atomic E-state index is 13.1. The van der Waals surface area contributed by atoms with E-state index in [2.05, 4.69) is 5.32 Å². The molecule has 166 valence electrons. The fraction of sp³-hybridized carbons (Fsp3) is 0.364. The number of rotatable bonds is 7. The predicted molar refractivity (Wildman–Crippen MR) is 107 cm³/mol. The van der Waals surface area contributed by atoms with E-state index in [1.54, 1.807) is 24.3 Å². The lowest BCUT2D eigenvalue weighted by Gasteiger charge is -2.19. The molecule has 2 aromatic carbocycles. The number of likely N-dealkylation sites (N-methyl/N-ethyl adjacent to an activating group) is 1. The molecule has 6 nitrogen and oxygen atoms in total. The van der Waals surface area contributed by atoms with E-state index in [-0.39, 0.29) is 19.9 Å². The molecule has 1 N–H and O–H groups in total. The van der Waals surface area contributed by atoms with Gasteiger partial charge in [-0.15, -0.1) is 0 Å². The number of amides is 2. The molecule has 0 spiro atoms. The summed E-state index contributed by atoms with van der Waals surface area (Å²) in [5.74, 6) is -2.85. The zero-order chi connectivity index (χ0) is 22.6. The molecule has 0 radical (unpaired) electrons. The van der Waals surface area contributed by atoms with Crippen molar-refractivity contribution in [1.29, 1.82) is 0 Å². The third kappa shape index (κ3) is 5.23. The number of carbonyl (C=O) groups is 2. The van der Waals surface area contributed by atoms with Gasteiger partial charge in [-0.3, -0.25) is 9.59 Å². The Balaban J connectivity index is 1.85. The van der Waals surface area contributed by atoms with E-state index < -0.39 is 35.4 Å². The zero-order valence-corrected chi connectivity index (χ0v) is 17.1. The molecular formula is C22H23F3N2O4. The molecule has 0 unspecified atom stereocenters. The monoisotopic (exact) mass is 436 g/mol. The molecule has 0 aromatic heterocycles. The van der Waals surface area contributed by atoms with E-state index >= 15 is 0 Å². The summed E-state index contributed by atoms with van der Waals surface area (Å²) in [5, 5.41) is 2.75. The molecule has 1 aliphatic rings. The van der Waals surface area contributed by atoms with Crippen LogP contribution in [0.2, 0.25) is 0 Å². The van der Waals surface area contributed by atoms with Gasteiger partial charge in [0.15, 0.2) is 0 Å². The number of ether oxygens (including phenoxy) is 2. The lowest BCUT2D eigenvalue weighted by molar-refractivity contribution is -0.137. The van der Waals surface area contributed by atoms with Gasteiger partial charge in [0.05, 0.1) is 12.2 Å². The van der Waals surface area contributed by atoms with Crippen LogP contribution in [0, 0.1) is 5.92 Å². The second-order valence-corrected chi connectivity index (χ2v) is 7.33. The van der Waals surface area contributed by atoms with Crippen molar-refractivity contribution < 1.29 is 32.2 Å². The molecule has 31 heavy (non-hydrogen) atoms. The van der Waals surface area contributed by atoms with Crippen LogP contribution in [-0.4, -0.2) is 44.2 Å². The van der Waals surface area contributed by atoms with Crippen molar-refractivity contribution in [3.8, 4) is 0 Å². The molecule has 9 heteroatoms. The zero-order valence-electron chi connectivity index (χ0n) is 17.1. The van der Waals surface area contributed by atoms with Crippen LogP contribution in [0.15, 0.2) is 48.5 Å². The number of nitrogens with one attached hydrogen (secondary N) is 1. The Morgan fingerprint density at radius 3 is 2.65 bits per heavy atom. The molecule has 1 fully saturated rings. The summed E-state index contributed by atoms with van der Waals surface area (Å²) >= 11 is 0. The second kappa shape index (κ2) is 9.49. The first-order valence-corrected chi connectivity index (χ1v) is 9.60. The minimum atomic E-state index is -4.51. The molecule has 1 heterocycles. The molecule has 0 aliphatic carbocycles. The van der Waals surface area contributed by atoms with Crippen molar-refractivity contribution in [3.05, 3.63) is 65.2 Å². The van der Waals surface area contributed by atoms with E-state index in [1.165, 1.54) is 31.2 Å². The third-order valence-electron chi connectivity index (χ3n) is 5.17. The first kappa shape index (κ1) is 22.8. The highest BCUT2D eigenvalue weighted by Crippen LogP contribution is 2.37. The molecule has 3 rings (SSSR count). The standard InChI is InChI=1S/C22H23F3N2O4/c1-27-11-17(14-7-5-8-16(10-14)22(23,24)25)19(21(27)29)20(28)26-18-9-4-3-6-15(18)12-31-13-30-2/h3-10,17,19H,11-13H2,1-2H3,(H,26,28)/t17-,19+/m1/s1. The summed E-state index contributed by atoms with van der Waals surface area (Å²) in [5.41, 5.74) is 0.632. The number of benzene rings is 2. The topological polar surface area (TPSA) is 67.9 Å². The number of anilines is 1. The van der Waals surface area contributed by atoms with E-state index in [0.29, 0.717) is 16.8 Å². The fourth-order valence-electron chi connectivity index (χ4n) is 3.65. The number of carbonyl (C=O) groups excluding carboxylic acids is 2. The number of hydrogen-bond donors (Lipinski definition) is 1. The van der Waals surface area contributed by atoms with Gasteiger partial charge in [0.2, 0.25) is 11.8 Å². The van der Waals surface area contributed by atoms with Crippen LogP contribution in [0.1, 0.15) is 22.6 Å². The number of halogens is 3. The summed E-state index contributed by atoms with van der Waals surface area (Å²) in [6.07, 6.45) is -4.51. The Labute approximate surface area is 177 Å². The van der Waals surface area contributed by atoms with E-state index in [9.17, 15) is 22.8 Å². The van der Waals surface area contributed by atoms with Gasteiger partial charge in [-0.05, 0) is 17.7 Å². The van der Waals surface area contributed by atoms with Crippen LogP contribution in [0.5, 0.6) is 0 Å². The summed E-state index contributed by atoms with van der Waals surface area (Å²) in [7, 11) is 3.02. The number of methoxy groups -OCH3 is 1. The van der Waals surface area contributed by atoms with Crippen molar-refractivity contribution in [2.45, 2.75) is 18.7 Å². The minimum absolute atomic E-state index is 0.0752. The smallest absolute Gasteiger partial charge is 0.359 e. The summed E-state index contributed by atoms with van der Waals surface area (Å²) in [4.78, 5) is 27.1. The lowest BCUT2D eigenvalue weighted by Crippen LogP contribution is -2.33. The van der Waals surface area contributed by atoms with E-state index in [0.717, 1.165) is 12.1 Å². The first-order valence-electron chi connectivity index (χ1n) is 9.60. The molecule has 2 atom stereocenters. The van der Waals surface area contributed by atoms with Crippen LogP contribution < -0.4 is 5.32 Å². The molecular weight excluding hydrogens is 413 g/mol. The Morgan fingerprint density at radius 1 is 1.19 bits per heavy atom. The highest BCUT2D eigenvalue weighted by molar-refractivity contribution is 6.08. The first-order chi connectivity index (χ1) is 14.7. The van der Waals surface area contributed by atoms with Gasteiger partial charge in [-0.25, -0.2) is 0 Å². The van der Waals surface area contributed by atoms with Crippen molar-refractivity contribution in [2.24, 2.45) is 5.92 Å². The van der Waals surface area contributed by atoms with Crippen LogP contribution in [0.3, 0.4) is 0 Å². The third-order valence-corrected chi connectivity index (χ3v) is 5.17. The van der Waals surface area contributed by atoms with Gasteiger partial charge in [-0.2, -0.15) is 13.2 Å². The highest BCUT2D eigenvalue weighted by atomic mass is 19.4. The Bertz CT molecular complexity index is 948. The Kier molecular flexibility index (Phi) is 6.97. The minimum Gasteiger partial charge on any atom is -0.359 e. The number of nitrogens with zero attached hydrogens (tertiary/aromatic N) is 1. The highest BCUT2D eigenvalue weighted by Gasteiger charge is 2.45. The van der Waals surface area contributed by atoms with Crippen LogP contribution in [0.25, 0.3) is 0 Å². The lowest BCUT2D eigenvalue weighted by atomic mass is 9.87. The van der Waals surface area contributed by atoms with Gasteiger partial charge in [0.1, 0.15) is 12.7 Å². The van der Waals surface area contributed by atoms with Gasteiger partial charge in [0, 0.05) is 37.9 Å². The molecule has 0 saturated carbocycles. The van der Waals surface area contributed by atoms with Crippen molar-refractivity contribution in [2.75, 3.05) is 32.8 Å². The molecule has 0 bridgehead atoms. The Hall–Kier alpha value is -2.91. The molecule has 1 aliphatic heterocycles. The average molecular weight is 436 g/mol. The fourth-order valence-corrected chi connectivity index (χ4v) is 3.65. The average Bonchev–Trinajstić information content (AvgIpc) is 3.03. The number of hydrogen-bond acceptors (Lipinski definition) is 4. The number of likely N-dealkylation sites (tertiary alicyclic amines) is 1. The largest absolute Gasteiger partial charge is 0.416 e. The van der Waals surface area contributed by atoms with Crippen LogP contribution in [-0.2, 0) is 31.8 Å². The van der Waals surface area contributed by atoms with Gasteiger partial charge < -0.3 is 19.7 Å². The van der Waals surface area contributed by atoms with Gasteiger partial charge >= 0.3 is 6.18 Å². The quantitative estimate of drug-likeness (QED) is 0.409. The molecule has 2 aromatic rings.